The van der Waals surface area contributed by atoms with Gasteiger partial charge in [-0.3, -0.25) is 9.59 Å². The molecule has 0 aromatic heterocycles. The van der Waals surface area contributed by atoms with Gasteiger partial charge < -0.3 is 10.2 Å². The average molecular weight is 383 g/mol. The SMILES string of the molecule is O=C(NCCc1ccc(Cl)cc1Cl)[C@@H]1CC(=O)N(C2CCCCC2)C1. The van der Waals surface area contributed by atoms with Crippen molar-refractivity contribution in [3.63, 3.8) is 0 Å². The fraction of sp³-hybridized carbons (Fsp3) is 0.579. The first-order valence-corrected chi connectivity index (χ1v) is 9.81. The summed E-state index contributed by atoms with van der Waals surface area (Å²) in [7, 11) is 0. The number of carbonyl (C=O) groups is 2. The Kier molecular flexibility index (Phi) is 6.24. The van der Waals surface area contributed by atoms with Crippen LogP contribution >= 0.6 is 23.2 Å². The number of hydrogen-bond donors (Lipinski definition) is 1. The number of amides is 2. The highest BCUT2D eigenvalue weighted by molar-refractivity contribution is 6.35. The molecular weight excluding hydrogens is 359 g/mol. The largest absolute Gasteiger partial charge is 0.355 e. The summed E-state index contributed by atoms with van der Waals surface area (Å²) in [6.07, 6.45) is 6.78. The summed E-state index contributed by atoms with van der Waals surface area (Å²) < 4.78 is 0. The zero-order valence-corrected chi connectivity index (χ0v) is 15.8. The van der Waals surface area contributed by atoms with Crippen LogP contribution in [0.15, 0.2) is 18.2 Å². The van der Waals surface area contributed by atoms with Crippen molar-refractivity contribution >= 4 is 35.0 Å². The van der Waals surface area contributed by atoms with Gasteiger partial charge in [-0.25, -0.2) is 0 Å². The third-order valence-corrected chi connectivity index (χ3v) is 5.84. The first-order chi connectivity index (χ1) is 12.0. The highest BCUT2D eigenvalue weighted by atomic mass is 35.5. The predicted molar refractivity (Wildman–Crippen MR) is 99.9 cm³/mol. The molecule has 6 heteroatoms. The maximum atomic E-state index is 12.4. The topological polar surface area (TPSA) is 49.4 Å². The average Bonchev–Trinajstić information content (AvgIpc) is 2.99. The van der Waals surface area contributed by atoms with Crippen LogP contribution in [0.25, 0.3) is 0 Å². The van der Waals surface area contributed by atoms with Crippen molar-refractivity contribution in [1.29, 1.82) is 0 Å². The maximum absolute atomic E-state index is 12.4. The van der Waals surface area contributed by atoms with Gasteiger partial charge in [-0.1, -0.05) is 48.5 Å². The Bertz CT molecular complexity index is 644. The van der Waals surface area contributed by atoms with E-state index in [9.17, 15) is 9.59 Å². The molecule has 1 aliphatic heterocycles. The Hall–Kier alpha value is -1.26. The van der Waals surface area contributed by atoms with Crippen LogP contribution in [0, 0.1) is 5.92 Å². The zero-order chi connectivity index (χ0) is 17.8. The van der Waals surface area contributed by atoms with Gasteiger partial charge >= 0.3 is 0 Å². The lowest BCUT2D eigenvalue weighted by Gasteiger charge is -2.31. The fourth-order valence-electron chi connectivity index (χ4n) is 3.84. The van der Waals surface area contributed by atoms with Crippen molar-refractivity contribution in [3.05, 3.63) is 33.8 Å². The molecule has 4 nitrogen and oxygen atoms in total. The molecule has 0 radical (unpaired) electrons. The Labute approximate surface area is 158 Å². The molecule has 1 aliphatic carbocycles. The summed E-state index contributed by atoms with van der Waals surface area (Å²) >= 11 is 12.0. The molecule has 1 heterocycles. The van der Waals surface area contributed by atoms with E-state index in [1.807, 2.05) is 11.0 Å². The van der Waals surface area contributed by atoms with E-state index in [1.54, 1.807) is 12.1 Å². The quantitative estimate of drug-likeness (QED) is 0.840. The lowest BCUT2D eigenvalue weighted by Crippen LogP contribution is -2.39. The Morgan fingerprint density at radius 2 is 1.96 bits per heavy atom. The van der Waals surface area contributed by atoms with Crippen molar-refractivity contribution in [2.45, 2.75) is 51.0 Å². The molecule has 1 aromatic carbocycles. The van der Waals surface area contributed by atoms with Crippen molar-refractivity contribution in [2.75, 3.05) is 13.1 Å². The first kappa shape index (κ1) is 18.5. The molecule has 1 saturated heterocycles. The molecule has 2 fully saturated rings. The molecule has 25 heavy (non-hydrogen) atoms. The molecule has 1 saturated carbocycles. The van der Waals surface area contributed by atoms with Crippen molar-refractivity contribution in [2.24, 2.45) is 5.92 Å². The Morgan fingerprint density at radius 3 is 2.68 bits per heavy atom. The number of nitrogens with one attached hydrogen (secondary N) is 1. The molecule has 1 N–H and O–H groups in total. The molecule has 1 atom stereocenters. The van der Waals surface area contributed by atoms with Crippen LogP contribution in [-0.4, -0.2) is 35.8 Å². The predicted octanol–water partition coefficient (Wildman–Crippen LogP) is 3.83. The lowest BCUT2D eigenvalue weighted by atomic mass is 9.94. The molecule has 1 aromatic rings. The summed E-state index contributed by atoms with van der Waals surface area (Å²) in [5.41, 5.74) is 0.956. The minimum atomic E-state index is -0.227. The van der Waals surface area contributed by atoms with E-state index in [2.05, 4.69) is 5.32 Å². The Balaban J connectivity index is 1.47. The number of hydrogen-bond acceptors (Lipinski definition) is 2. The molecule has 0 bridgehead atoms. The molecule has 3 rings (SSSR count). The van der Waals surface area contributed by atoms with E-state index in [-0.39, 0.29) is 17.7 Å². The number of benzene rings is 1. The maximum Gasteiger partial charge on any atom is 0.225 e. The number of rotatable bonds is 5. The van der Waals surface area contributed by atoms with Crippen LogP contribution in [0.5, 0.6) is 0 Å². The van der Waals surface area contributed by atoms with Gasteiger partial charge in [-0.05, 0) is 37.0 Å². The van der Waals surface area contributed by atoms with Gasteiger partial charge in [0.25, 0.3) is 0 Å². The molecule has 136 valence electrons. The number of carbonyl (C=O) groups excluding carboxylic acids is 2. The van der Waals surface area contributed by atoms with Gasteiger partial charge in [-0.15, -0.1) is 0 Å². The summed E-state index contributed by atoms with van der Waals surface area (Å²) in [5, 5.41) is 4.16. The second-order valence-corrected chi connectivity index (χ2v) is 7.86. The number of likely N-dealkylation sites (tertiary alicyclic amines) is 1. The fourth-order valence-corrected chi connectivity index (χ4v) is 4.34. The molecule has 2 aliphatic rings. The van der Waals surface area contributed by atoms with Crippen LogP contribution in [0.3, 0.4) is 0 Å². The minimum Gasteiger partial charge on any atom is -0.355 e. The van der Waals surface area contributed by atoms with Gasteiger partial charge in [-0.2, -0.15) is 0 Å². The van der Waals surface area contributed by atoms with Gasteiger partial charge in [0.05, 0.1) is 5.92 Å². The minimum absolute atomic E-state index is 0.0308. The highest BCUT2D eigenvalue weighted by Gasteiger charge is 2.37. The monoisotopic (exact) mass is 382 g/mol. The van der Waals surface area contributed by atoms with Crippen LogP contribution in [0.1, 0.15) is 44.1 Å². The van der Waals surface area contributed by atoms with E-state index in [0.29, 0.717) is 42.0 Å². The van der Waals surface area contributed by atoms with Gasteiger partial charge in [0.2, 0.25) is 11.8 Å². The van der Waals surface area contributed by atoms with E-state index in [1.165, 1.54) is 19.3 Å². The number of halogens is 2. The normalized spacial score (nSPS) is 21.6. The summed E-state index contributed by atoms with van der Waals surface area (Å²) in [6.45, 7) is 1.07. The molecule has 0 unspecified atom stereocenters. The van der Waals surface area contributed by atoms with Crippen LogP contribution < -0.4 is 5.32 Å². The number of nitrogens with zero attached hydrogens (tertiary/aromatic N) is 1. The van der Waals surface area contributed by atoms with Crippen LogP contribution in [0.2, 0.25) is 10.0 Å². The standard InChI is InChI=1S/C19H24Cl2N2O2/c20-15-7-6-13(17(21)11-15)8-9-22-19(25)14-10-18(24)23(12-14)16-4-2-1-3-5-16/h6-7,11,14,16H,1-5,8-10,12H2,(H,22,25)/t14-/m1/s1. The third kappa shape index (κ3) is 4.68. The van der Waals surface area contributed by atoms with E-state index in [4.69, 9.17) is 23.2 Å². The lowest BCUT2D eigenvalue weighted by molar-refractivity contribution is -0.130. The van der Waals surface area contributed by atoms with Crippen molar-refractivity contribution in [3.8, 4) is 0 Å². The van der Waals surface area contributed by atoms with E-state index in [0.717, 1.165) is 18.4 Å². The molecule has 2 amide bonds. The van der Waals surface area contributed by atoms with Gasteiger partial charge in [0, 0.05) is 35.6 Å². The van der Waals surface area contributed by atoms with E-state index < -0.39 is 0 Å². The molecular formula is C19H24Cl2N2O2. The van der Waals surface area contributed by atoms with Crippen LogP contribution in [0.4, 0.5) is 0 Å². The van der Waals surface area contributed by atoms with Crippen molar-refractivity contribution in [1.82, 2.24) is 10.2 Å². The second kappa shape index (κ2) is 8.41. The smallest absolute Gasteiger partial charge is 0.225 e. The summed E-state index contributed by atoms with van der Waals surface area (Å²) in [4.78, 5) is 26.6. The zero-order valence-electron chi connectivity index (χ0n) is 14.3. The third-order valence-electron chi connectivity index (χ3n) is 5.25. The van der Waals surface area contributed by atoms with Crippen LogP contribution in [-0.2, 0) is 16.0 Å². The summed E-state index contributed by atoms with van der Waals surface area (Å²) in [5.74, 6) is -0.125. The van der Waals surface area contributed by atoms with Gasteiger partial charge in [0.1, 0.15) is 0 Å². The first-order valence-electron chi connectivity index (χ1n) is 9.05. The second-order valence-electron chi connectivity index (χ2n) is 7.02. The molecule has 0 spiro atoms. The summed E-state index contributed by atoms with van der Waals surface area (Å²) in [6, 6.07) is 5.72. The van der Waals surface area contributed by atoms with Gasteiger partial charge in [0.15, 0.2) is 0 Å². The Morgan fingerprint density at radius 1 is 1.20 bits per heavy atom. The van der Waals surface area contributed by atoms with E-state index >= 15 is 0 Å². The highest BCUT2D eigenvalue weighted by Crippen LogP contribution is 2.28. The van der Waals surface area contributed by atoms with Crippen molar-refractivity contribution < 1.29 is 9.59 Å².